The van der Waals surface area contributed by atoms with Gasteiger partial charge in [0.15, 0.2) is 0 Å². The molecule has 0 bridgehead atoms. The van der Waals surface area contributed by atoms with Gasteiger partial charge in [-0.05, 0) is 55.7 Å². The van der Waals surface area contributed by atoms with Crippen LogP contribution in [0.3, 0.4) is 0 Å². The van der Waals surface area contributed by atoms with Gasteiger partial charge in [-0.3, -0.25) is 14.6 Å². The zero-order valence-corrected chi connectivity index (χ0v) is 17.3. The first-order chi connectivity index (χ1) is 13.9. The third-order valence-corrected chi connectivity index (χ3v) is 5.62. The van der Waals surface area contributed by atoms with E-state index in [1.807, 2.05) is 64.6 Å². The summed E-state index contributed by atoms with van der Waals surface area (Å²) in [5.74, 6) is 0.118. The largest absolute Gasteiger partial charge is 0.315 e. The molecule has 0 radical (unpaired) electrons. The van der Waals surface area contributed by atoms with Gasteiger partial charge in [0.25, 0.3) is 5.56 Å². The predicted octanol–water partition coefficient (Wildman–Crippen LogP) is 4.24. The number of nitrogens with zero attached hydrogens (tertiary/aromatic N) is 3. The van der Waals surface area contributed by atoms with Crippen molar-refractivity contribution in [3.63, 3.8) is 0 Å². The summed E-state index contributed by atoms with van der Waals surface area (Å²) in [6.45, 7) is 6.03. The molecule has 3 heterocycles. The van der Waals surface area contributed by atoms with E-state index in [0.717, 1.165) is 39.1 Å². The third-order valence-electron chi connectivity index (χ3n) is 5.62. The maximum Gasteiger partial charge on any atom is 0.253 e. The Morgan fingerprint density at radius 2 is 1.72 bits per heavy atom. The molecule has 0 saturated carbocycles. The molecule has 0 N–H and O–H groups in total. The van der Waals surface area contributed by atoms with E-state index in [0.29, 0.717) is 12.8 Å². The van der Waals surface area contributed by atoms with Crippen LogP contribution in [0.2, 0.25) is 0 Å². The van der Waals surface area contributed by atoms with Crippen molar-refractivity contribution in [3.8, 4) is 22.3 Å². The monoisotopic (exact) mass is 387 g/mol. The Bertz CT molecular complexity index is 1160. The number of pyridine rings is 2. The third kappa shape index (κ3) is 3.37. The summed E-state index contributed by atoms with van der Waals surface area (Å²) in [5, 5.41) is 0. The molecule has 0 aliphatic carbocycles. The van der Waals surface area contributed by atoms with Gasteiger partial charge in [0.05, 0.1) is 6.42 Å². The smallest absolute Gasteiger partial charge is 0.253 e. The molecule has 0 fully saturated rings. The van der Waals surface area contributed by atoms with E-state index < -0.39 is 0 Å². The normalized spacial score (nSPS) is 13.3. The van der Waals surface area contributed by atoms with Crippen molar-refractivity contribution >= 4 is 11.6 Å². The van der Waals surface area contributed by atoms with E-state index in [1.165, 1.54) is 0 Å². The average Bonchev–Trinajstić information content (AvgIpc) is 3.01. The molecule has 1 aliphatic rings. The number of anilines is 1. The minimum absolute atomic E-state index is 0.0720. The van der Waals surface area contributed by atoms with Crippen molar-refractivity contribution in [2.24, 2.45) is 0 Å². The molecule has 148 valence electrons. The maximum atomic E-state index is 12.6. The highest BCUT2D eigenvalue weighted by molar-refractivity contribution is 6.01. The average molecular weight is 387 g/mol. The zero-order chi connectivity index (χ0) is 20.7. The number of carbonyl (C=O) groups excluding carboxylic acids is 1. The number of rotatable bonds is 4. The molecule has 0 atom stereocenters. The molecule has 5 nitrogen and oxygen atoms in total. The summed E-state index contributed by atoms with van der Waals surface area (Å²) in [4.78, 5) is 30.7. The van der Waals surface area contributed by atoms with Crippen LogP contribution in [-0.2, 0) is 17.6 Å². The van der Waals surface area contributed by atoms with Crippen LogP contribution in [0, 0.1) is 0 Å². The lowest BCUT2D eigenvalue weighted by molar-refractivity contribution is -0.117. The van der Waals surface area contributed by atoms with Crippen molar-refractivity contribution in [3.05, 3.63) is 70.4 Å². The molecule has 1 amide bonds. The second-order valence-corrected chi connectivity index (χ2v) is 7.85. The van der Waals surface area contributed by atoms with Gasteiger partial charge in [0.1, 0.15) is 0 Å². The lowest BCUT2D eigenvalue weighted by Gasteiger charge is -2.15. The highest BCUT2D eigenvalue weighted by Gasteiger charge is 2.24. The number of carbonyl (C=O) groups is 1. The summed E-state index contributed by atoms with van der Waals surface area (Å²) < 4.78 is 1.79. The van der Waals surface area contributed by atoms with Crippen LogP contribution in [0.4, 0.5) is 5.69 Å². The standard InChI is InChI=1S/C24H25N3O2/c1-5-16-8-21(14-27(15(2)3)24(16)29)20-10-19(12-25-13-20)17-6-7-22-18(9-17)11-23(28)26(22)4/h6-10,12-15H,5,11H2,1-4H3. The van der Waals surface area contributed by atoms with Gasteiger partial charge in [0, 0.05) is 59.6 Å². The van der Waals surface area contributed by atoms with E-state index in [-0.39, 0.29) is 17.5 Å². The number of likely N-dealkylation sites (N-methyl/N-ethyl adjacent to an activating group) is 1. The van der Waals surface area contributed by atoms with Crippen molar-refractivity contribution in [1.82, 2.24) is 9.55 Å². The van der Waals surface area contributed by atoms with E-state index in [4.69, 9.17) is 0 Å². The number of aromatic nitrogens is 2. The van der Waals surface area contributed by atoms with Crippen molar-refractivity contribution in [1.29, 1.82) is 0 Å². The number of hydrogen-bond donors (Lipinski definition) is 0. The Morgan fingerprint density at radius 3 is 2.41 bits per heavy atom. The minimum atomic E-state index is 0.0720. The SMILES string of the molecule is CCc1cc(-c2cncc(-c3ccc4c(c3)CC(=O)N4C)c2)cn(C(C)C)c1=O. The summed E-state index contributed by atoms with van der Waals surface area (Å²) in [5.41, 5.74) is 6.88. The molecule has 1 aromatic carbocycles. The molecule has 0 saturated heterocycles. The maximum absolute atomic E-state index is 12.6. The number of amides is 1. The molecular weight excluding hydrogens is 362 g/mol. The number of aryl methyl sites for hydroxylation is 1. The van der Waals surface area contributed by atoms with Gasteiger partial charge >= 0.3 is 0 Å². The summed E-state index contributed by atoms with van der Waals surface area (Å²) in [6.07, 6.45) is 6.72. The zero-order valence-electron chi connectivity index (χ0n) is 17.3. The highest BCUT2D eigenvalue weighted by Crippen LogP contribution is 2.33. The van der Waals surface area contributed by atoms with E-state index in [1.54, 1.807) is 9.47 Å². The minimum Gasteiger partial charge on any atom is -0.315 e. The Hall–Kier alpha value is -3.21. The van der Waals surface area contributed by atoms with Gasteiger partial charge in [-0.15, -0.1) is 0 Å². The van der Waals surface area contributed by atoms with E-state index >= 15 is 0 Å². The fourth-order valence-corrected chi connectivity index (χ4v) is 3.86. The first kappa shape index (κ1) is 19.1. The lowest BCUT2D eigenvalue weighted by Crippen LogP contribution is -2.24. The van der Waals surface area contributed by atoms with Crippen LogP contribution >= 0.6 is 0 Å². The fraction of sp³-hybridized carbons (Fsp3) is 0.292. The van der Waals surface area contributed by atoms with Crippen LogP contribution in [0.5, 0.6) is 0 Å². The Morgan fingerprint density at radius 1 is 1.00 bits per heavy atom. The molecule has 3 aromatic rings. The second kappa shape index (κ2) is 7.32. The number of fused-ring (bicyclic) bond motifs is 1. The van der Waals surface area contributed by atoms with Gasteiger partial charge in [-0.25, -0.2) is 0 Å². The molecule has 5 heteroatoms. The highest BCUT2D eigenvalue weighted by atomic mass is 16.2. The lowest BCUT2D eigenvalue weighted by atomic mass is 9.99. The van der Waals surface area contributed by atoms with E-state index in [9.17, 15) is 9.59 Å². The van der Waals surface area contributed by atoms with Gasteiger partial charge in [0.2, 0.25) is 5.91 Å². The quantitative estimate of drug-likeness (QED) is 0.673. The second-order valence-electron chi connectivity index (χ2n) is 7.85. The van der Waals surface area contributed by atoms with Crippen LogP contribution in [0.1, 0.15) is 37.9 Å². The molecule has 2 aromatic heterocycles. The summed E-state index contributed by atoms with van der Waals surface area (Å²) in [7, 11) is 1.81. The first-order valence-electron chi connectivity index (χ1n) is 9.99. The fourth-order valence-electron chi connectivity index (χ4n) is 3.86. The Labute approximate surface area is 170 Å². The molecule has 1 aliphatic heterocycles. The van der Waals surface area contributed by atoms with Gasteiger partial charge < -0.3 is 9.47 Å². The Kier molecular flexibility index (Phi) is 4.82. The molecular formula is C24H25N3O2. The molecule has 0 unspecified atom stereocenters. The van der Waals surface area contributed by atoms with Crippen LogP contribution in [0.15, 0.2) is 53.7 Å². The molecule has 0 spiro atoms. The van der Waals surface area contributed by atoms with Crippen molar-refractivity contribution in [2.45, 2.75) is 39.7 Å². The summed E-state index contributed by atoms with van der Waals surface area (Å²) in [6, 6.07) is 10.3. The number of benzene rings is 1. The van der Waals surface area contributed by atoms with Crippen LogP contribution in [-0.4, -0.2) is 22.5 Å². The Balaban J connectivity index is 1.78. The first-order valence-corrected chi connectivity index (χ1v) is 9.99. The topological polar surface area (TPSA) is 55.2 Å². The predicted molar refractivity (Wildman–Crippen MR) is 116 cm³/mol. The van der Waals surface area contributed by atoms with Crippen molar-refractivity contribution in [2.75, 3.05) is 11.9 Å². The van der Waals surface area contributed by atoms with Crippen LogP contribution < -0.4 is 10.5 Å². The van der Waals surface area contributed by atoms with Crippen LogP contribution in [0.25, 0.3) is 22.3 Å². The van der Waals surface area contributed by atoms with E-state index in [2.05, 4.69) is 17.1 Å². The van der Waals surface area contributed by atoms with Gasteiger partial charge in [-0.1, -0.05) is 13.0 Å². The van der Waals surface area contributed by atoms with Crippen molar-refractivity contribution < 1.29 is 4.79 Å². The number of hydrogen-bond acceptors (Lipinski definition) is 3. The molecule has 4 rings (SSSR count). The molecule has 29 heavy (non-hydrogen) atoms. The van der Waals surface area contributed by atoms with Gasteiger partial charge in [-0.2, -0.15) is 0 Å². The summed E-state index contributed by atoms with van der Waals surface area (Å²) >= 11 is 0.